The largest absolute Gasteiger partial charge is 0.381 e. The number of hydrogen-bond donors (Lipinski definition) is 1. The van der Waals surface area contributed by atoms with Crippen LogP contribution in [0.1, 0.15) is 32.1 Å². The topological polar surface area (TPSA) is 52.3 Å². The summed E-state index contributed by atoms with van der Waals surface area (Å²) in [6.07, 6.45) is 4.34. The molecular weight excluding hydrogens is 166 g/mol. The second-order valence-corrected chi connectivity index (χ2v) is 3.69. The van der Waals surface area contributed by atoms with Gasteiger partial charge in [-0.2, -0.15) is 0 Å². The number of carbonyl (C=O) groups excluding carboxylic acids is 1. The highest BCUT2D eigenvalue weighted by atomic mass is 16.5. The summed E-state index contributed by atoms with van der Waals surface area (Å²) >= 11 is 0. The monoisotopic (exact) mass is 185 g/mol. The van der Waals surface area contributed by atoms with Crippen LogP contribution in [0.5, 0.6) is 0 Å². The summed E-state index contributed by atoms with van der Waals surface area (Å²) in [5.74, 6) is 0.941. The lowest BCUT2D eigenvalue weighted by Gasteiger charge is -2.21. The maximum atomic E-state index is 11.4. The van der Waals surface area contributed by atoms with E-state index in [-0.39, 0.29) is 0 Å². The highest BCUT2D eigenvalue weighted by molar-refractivity contribution is 5.78. The molecule has 0 aromatic heterocycles. The van der Waals surface area contributed by atoms with Gasteiger partial charge >= 0.3 is 0 Å². The molecule has 1 aliphatic rings. The van der Waals surface area contributed by atoms with E-state index in [9.17, 15) is 4.79 Å². The van der Waals surface area contributed by atoms with Crippen molar-refractivity contribution in [3.8, 4) is 0 Å². The lowest BCUT2D eigenvalue weighted by molar-refractivity contribution is -0.120. The van der Waals surface area contributed by atoms with Gasteiger partial charge in [0.1, 0.15) is 5.78 Å². The molecule has 0 aromatic carbocycles. The van der Waals surface area contributed by atoms with Crippen molar-refractivity contribution < 1.29 is 9.53 Å². The fourth-order valence-corrected chi connectivity index (χ4v) is 1.67. The molecule has 1 aliphatic heterocycles. The number of rotatable bonds is 5. The molecule has 76 valence electrons. The zero-order chi connectivity index (χ0) is 9.52. The molecule has 13 heavy (non-hydrogen) atoms. The fourth-order valence-electron chi connectivity index (χ4n) is 1.67. The maximum absolute atomic E-state index is 11.4. The molecular formula is C10H19NO2. The zero-order valence-electron chi connectivity index (χ0n) is 8.13. The number of ether oxygens (including phenoxy) is 1. The predicted octanol–water partition coefficient (Wildman–Crippen LogP) is 1.11. The summed E-state index contributed by atoms with van der Waals surface area (Å²) in [6, 6.07) is 0. The number of ketones is 1. The van der Waals surface area contributed by atoms with Gasteiger partial charge in [0.2, 0.25) is 0 Å². The Morgan fingerprint density at radius 3 is 2.69 bits per heavy atom. The minimum atomic E-state index is 0.373. The van der Waals surface area contributed by atoms with E-state index >= 15 is 0 Å². The van der Waals surface area contributed by atoms with Crippen LogP contribution < -0.4 is 5.73 Å². The van der Waals surface area contributed by atoms with Crippen LogP contribution in [0.4, 0.5) is 0 Å². The molecule has 2 N–H and O–H groups in total. The van der Waals surface area contributed by atoms with Gasteiger partial charge in [0.25, 0.3) is 0 Å². The van der Waals surface area contributed by atoms with E-state index in [1.807, 2.05) is 0 Å². The SMILES string of the molecule is NCCCC(=O)CC1CCOCC1. The molecule has 0 saturated carbocycles. The van der Waals surface area contributed by atoms with Crippen LogP contribution in [-0.4, -0.2) is 25.5 Å². The average molecular weight is 185 g/mol. The van der Waals surface area contributed by atoms with E-state index in [1.54, 1.807) is 0 Å². The standard InChI is InChI=1S/C10H19NO2/c11-5-1-2-10(12)8-9-3-6-13-7-4-9/h9H,1-8,11H2. The first-order chi connectivity index (χ1) is 6.33. The Kier molecular flexibility index (Phi) is 5.01. The van der Waals surface area contributed by atoms with Crippen molar-refractivity contribution in [2.45, 2.75) is 32.1 Å². The Hall–Kier alpha value is -0.410. The highest BCUT2D eigenvalue weighted by Crippen LogP contribution is 2.19. The Bertz CT molecular complexity index is 153. The third-order valence-corrected chi connectivity index (χ3v) is 2.52. The quantitative estimate of drug-likeness (QED) is 0.698. The van der Waals surface area contributed by atoms with Crippen molar-refractivity contribution >= 4 is 5.78 Å². The lowest BCUT2D eigenvalue weighted by Crippen LogP contribution is -2.19. The molecule has 0 spiro atoms. The van der Waals surface area contributed by atoms with E-state index < -0.39 is 0 Å². The molecule has 0 bridgehead atoms. The summed E-state index contributed by atoms with van der Waals surface area (Å²) in [4.78, 5) is 11.4. The van der Waals surface area contributed by atoms with Crippen LogP contribution in [0.2, 0.25) is 0 Å². The molecule has 1 saturated heterocycles. The van der Waals surface area contributed by atoms with E-state index in [0.29, 0.717) is 24.7 Å². The first-order valence-electron chi connectivity index (χ1n) is 5.12. The van der Waals surface area contributed by atoms with Gasteiger partial charge in [-0.1, -0.05) is 0 Å². The van der Waals surface area contributed by atoms with Crippen molar-refractivity contribution in [2.75, 3.05) is 19.8 Å². The van der Waals surface area contributed by atoms with Gasteiger partial charge < -0.3 is 10.5 Å². The van der Waals surface area contributed by atoms with E-state index in [1.165, 1.54) is 0 Å². The Balaban J connectivity index is 2.11. The summed E-state index contributed by atoms with van der Waals surface area (Å²) < 4.78 is 5.23. The minimum Gasteiger partial charge on any atom is -0.381 e. The third kappa shape index (κ3) is 4.39. The zero-order valence-corrected chi connectivity index (χ0v) is 8.13. The lowest BCUT2D eigenvalue weighted by atomic mass is 9.93. The van der Waals surface area contributed by atoms with E-state index in [4.69, 9.17) is 10.5 Å². The summed E-state index contributed by atoms with van der Waals surface area (Å²) in [7, 11) is 0. The molecule has 0 aromatic rings. The molecule has 0 atom stereocenters. The van der Waals surface area contributed by atoms with Gasteiger partial charge in [-0.3, -0.25) is 4.79 Å². The van der Waals surface area contributed by atoms with Gasteiger partial charge in [-0.25, -0.2) is 0 Å². The van der Waals surface area contributed by atoms with Gasteiger partial charge in [-0.15, -0.1) is 0 Å². The van der Waals surface area contributed by atoms with Crippen LogP contribution in [-0.2, 0) is 9.53 Å². The molecule has 1 fully saturated rings. The van der Waals surface area contributed by atoms with Crippen molar-refractivity contribution in [1.29, 1.82) is 0 Å². The first kappa shape index (κ1) is 10.7. The summed E-state index contributed by atoms with van der Waals surface area (Å²) in [6.45, 7) is 2.28. The number of hydrogen-bond acceptors (Lipinski definition) is 3. The van der Waals surface area contributed by atoms with Crippen LogP contribution >= 0.6 is 0 Å². The fraction of sp³-hybridized carbons (Fsp3) is 0.900. The summed E-state index contributed by atoms with van der Waals surface area (Å²) in [5, 5.41) is 0. The Morgan fingerprint density at radius 1 is 1.38 bits per heavy atom. The van der Waals surface area contributed by atoms with E-state index in [2.05, 4.69) is 0 Å². The maximum Gasteiger partial charge on any atom is 0.133 e. The van der Waals surface area contributed by atoms with Crippen molar-refractivity contribution in [1.82, 2.24) is 0 Å². The third-order valence-electron chi connectivity index (χ3n) is 2.52. The molecule has 0 unspecified atom stereocenters. The Labute approximate surface area is 79.6 Å². The van der Waals surface area contributed by atoms with Crippen molar-refractivity contribution in [3.63, 3.8) is 0 Å². The van der Waals surface area contributed by atoms with Crippen molar-refractivity contribution in [2.24, 2.45) is 11.7 Å². The number of nitrogens with two attached hydrogens (primary N) is 1. The molecule has 0 radical (unpaired) electrons. The smallest absolute Gasteiger partial charge is 0.133 e. The average Bonchev–Trinajstić information content (AvgIpc) is 2.16. The van der Waals surface area contributed by atoms with Gasteiger partial charge in [0.05, 0.1) is 0 Å². The van der Waals surface area contributed by atoms with E-state index in [0.717, 1.165) is 38.9 Å². The van der Waals surface area contributed by atoms with Gasteiger partial charge in [0.15, 0.2) is 0 Å². The summed E-state index contributed by atoms with van der Waals surface area (Å²) in [5.41, 5.74) is 5.34. The van der Waals surface area contributed by atoms with Crippen LogP contribution in [0.25, 0.3) is 0 Å². The molecule has 1 rings (SSSR count). The van der Waals surface area contributed by atoms with Crippen LogP contribution in [0, 0.1) is 5.92 Å². The number of Topliss-reactive ketones (excluding diaryl/α,β-unsaturated/α-hetero) is 1. The minimum absolute atomic E-state index is 0.373. The molecule has 3 nitrogen and oxygen atoms in total. The van der Waals surface area contributed by atoms with Gasteiger partial charge in [-0.05, 0) is 31.7 Å². The number of carbonyl (C=O) groups is 1. The van der Waals surface area contributed by atoms with Crippen LogP contribution in [0.15, 0.2) is 0 Å². The Morgan fingerprint density at radius 2 is 2.08 bits per heavy atom. The first-order valence-corrected chi connectivity index (χ1v) is 5.12. The highest BCUT2D eigenvalue weighted by Gasteiger charge is 2.16. The molecule has 3 heteroatoms. The molecule has 0 amide bonds. The van der Waals surface area contributed by atoms with Crippen molar-refractivity contribution in [3.05, 3.63) is 0 Å². The van der Waals surface area contributed by atoms with Gasteiger partial charge in [0, 0.05) is 26.1 Å². The molecule has 0 aliphatic carbocycles. The second kappa shape index (κ2) is 6.11. The second-order valence-electron chi connectivity index (χ2n) is 3.69. The normalized spacial score (nSPS) is 18.8. The van der Waals surface area contributed by atoms with Crippen LogP contribution in [0.3, 0.4) is 0 Å². The molecule has 1 heterocycles. The predicted molar refractivity (Wildman–Crippen MR) is 51.5 cm³/mol.